The lowest BCUT2D eigenvalue weighted by Crippen LogP contribution is -2.30. The maximum absolute atomic E-state index is 4.53. The standard InChI is InChI=1S/C25H26N6/c1-5-14-26-20(10-1)24(21-11-2-6-15-27-21)30-18-9-19-31-25(22-12-3-7-16-28-22)23-13-4-8-17-29-23/h1-8,10-17,24-25,30-31H,9,18-19H2. The minimum atomic E-state index is -0.0372. The molecule has 0 aromatic carbocycles. The van der Waals surface area contributed by atoms with Gasteiger partial charge in [-0.1, -0.05) is 24.3 Å². The Morgan fingerprint density at radius 1 is 0.484 bits per heavy atom. The van der Waals surface area contributed by atoms with Crippen molar-refractivity contribution in [1.82, 2.24) is 30.6 Å². The topological polar surface area (TPSA) is 75.6 Å². The van der Waals surface area contributed by atoms with Crippen LogP contribution in [0.5, 0.6) is 0 Å². The van der Waals surface area contributed by atoms with Crippen molar-refractivity contribution in [1.29, 1.82) is 0 Å². The van der Waals surface area contributed by atoms with E-state index in [1.807, 2.05) is 97.6 Å². The average Bonchev–Trinajstić information content (AvgIpc) is 2.86. The highest BCUT2D eigenvalue weighted by atomic mass is 15.0. The molecule has 2 N–H and O–H groups in total. The fraction of sp³-hybridized carbons (Fsp3) is 0.200. The normalized spacial score (nSPS) is 11.2. The number of hydrogen-bond donors (Lipinski definition) is 2. The molecule has 0 spiro atoms. The SMILES string of the molecule is c1ccc(C(NCCCNC(c2ccccn2)c2ccccn2)c2ccccn2)nc1. The number of nitrogens with one attached hydrogen (secondary N) is 2. The number of pyridine rings is 4. The van der Waals surface area contributed by atoms with Crippen molar-refractivity contribution in [3.05, 3.63) is 120 Å². The predicted molar refractivity (Wildman–Crippen MR) is 121 cm³/mol. The first-order valence-corrected chi connectivity index (χ1v) is 10.5. The van der Waals surface area contributed by atoms with E-state index in [-0.39, 0.29) is 12.1 Å². The van der Waals surface area contributed by atoms with Crippen LogP contribution in [0.4, 0.5) is 0 Å². The van der Waals surface area contributed by atoms with Crippen molar-refractivity contribution in [2.24, 2.45) is 0 Å². The first kappa shape index (κ1) is 20.8. The summed E-state index contributed by atoms with van der Waals surface area (Å²) in [5, 5.41) is 7.22. The molecule has 0 fully saturated rings. The third-order valence-corrected chi connectivity index (χ3v) is 4.98. The first-order chi connectivity index (χ1) is 15.4. The van der Waals surface area contributed by atoms with E-state index < -0.39 is 0 Å². The van der Waals surface area contributed by atoms with E-state index in [0.29, 0.717) is 0 Å². The number of nitrogens with zero attached hydrogens (tertiary/aromatic N) is 4. The third kappa shape index (κ3) is 5.78. The zero-order chi connectivity index (χ0) is 21.1. The quantitative estimate of drug-likeness (QED) is 0.388. The zero-order valence-electron chi connectivity index (χ0n) is 17.3. The second kappa shape index (κ2) is 11.1. The number of rotatable bonds is 10. The van der Waals surface area contributed by atoms with Gasteiger partial charge in [-0.15, -0.1) is 0 Å². The van der Waals surface area contributed by atoms with E-state index in [9.17, 15) is 0 Å². The van der Waals surface area contributed by atoms with E-state index >= 15 is 0 Å². The lowest BCUT2D eigenvalue weighted by atomic mass is 10.1. The highest BCUT2D eigenvalue weighted by Crippen LogP contribution is 2.19. The van der Waals surface area contributed by atoms with E-state index in [1.54, 1.807) is 0 Å². The number of hydrogen-bond acceptors (Lipinski definition) is 6. The molecule has 0 saturated carbocycles. The number of aromatic nitrogens is 4. The van der Waals surface area contributed by atoms with Crippen LogP contribution in [0.15, 0.2) is 97.6 Å². The second-order valence-corrected chi connectivity index (χ2v) is 7.15. The molecular formula is C25H26N6. The average molecular weight is 411 g/mol. The van der Waals surface area contributed by atoms with E-state index in [1.165, 1.54) is 0 Å². The molecule has 6 nitrogen and oxygen atoms in total. The van der Waals surface area contributed by atoms with Gasteiger partial charge < -0.3 is 10.6 Å². The molecule has 0 amide bonds. The smallest absolute Gasteiger partial charge is 0.0925 e. The van der Waals surface area contributed by atoms with Crippen LogP contribution in [0.2, 0.25) is 0 Å². The van der Waals surface area contributed by atoms with Gasteiger partial charge in [0.15, 0.2) is 0 Å². The molecule has 0 atom stereocenters. The van der Waals surface area contributed by atoms with Gasteiger partial charge in [0.05, 0.1) is 34.9 Å². The van der Waals surface area contributed by atoms with Crippen molar-refractivity contribution < 1.29 is 0 Å². The fourth-order valence-corrected chi connectivity index (χ4v) is 3.49. The second-order valence-electron chi connectivity index (χ2n) is 7.15. The Kier molecular flexibility index (Phi) is 7.41. The summed E-state index contributed by atoms with van der Waals surface area (Å²) >= 11 is 0. The molecular weight excluding hydrogens is 384 g/mol. The highest BCUT2D eigenvalue weighted by Gasteiger charge is 2.17. The molecule has 4 rings (SSSR count). The zero-order valence-corrected chi connectivity index (χ0v) is 17.3. The van der Waals surface area contributed by atoms with Gasteiger partial charge >= 0.3 is 0 Å². The molecule has 0 bridgehead atoms. The van der Waals surface area contributed by atoms with Crippen molar-refractivity contribution in [2.75, 3.05) is 13.1 Å². The minimum absolute atomic E-state index is 0.0372. The van der Waals surface area contributed by atoms with Crippen LogP contribution < -0.4 is 10.6 Å². The van der Waals surface area contributed by atoms with Gasteiger partial charge in [0, 0.05) is 24.8 Å². The molecule has 0 aliphatic rings. The molecule has 0 aliphatic carbocycles. The van der Waals surface area contributed by atoms with Crippen molar-refractivity contribution >= 4 is 0 Å². The highest BCUT2D eigenvalue weighted by molar-refractivity contribution is 5.23. The van der Waals surface area contributed by atoms with Gasteiger partial charge in [-0.3, -0.25) is 19.9 Å². The van der Waals surface area contributed by atoms with E-state index in [4.69, 9.17) is 0 Å². The van der Waals surface area contributed by atoms with Gasteiger partial charge in [0.2, 0.25) is 0 Å². The lowest BCUT2D eigenvalue weighted by Gasteiger charge is -2.20. The molecule has 0 saturated heterocycles. The molecule has 0 aliphatic heterocycles. The van der Waals surface area contributed by atoms with E-state index in [2.05, 4.69) is 30.6 Å². The van der Waals surface area contributed by atoms with Crippen LogP contribution in [0.3, 0.4) is 0 Å². The van der Waals surface area contributed by atoms with Crippen LogP contribution in [-0.2, 0) is 0 Å². The largest absolute Gasteiger partial charge is 0.304 e. The third-order valence-electron chi connectivity index (χ3n) is 4.98. The summed E-state index contributed by atoms with van der Waals surface area (Å²) in [5.41, 5.74) is 3.87. The molecule has 4 aromatic heterocycles. The van der Waals surface area contributed by atoms with Crippen LogP contribution in [0, 0.1) is 0 Å². The predicted octanol–water partition coefficient (Wildman–Crippen LogP) is 3.71. The van der Waals surface area contributed by atoms with Gasteiger partial charge in [0.1, 0.15) is 0 Å². The van der Waals surface area contributed by atoms with Crippen LogP contribution in [-0.4, -0.2) is 33.0 Å². The molecule has 6 heteroatoms. The fourth-order valence-electron chi connectivity index (χ4n) is 3.49. The summed E-state index contributed by atoms with van der Waals surface area (Å²) in [4.78, 5) is 18.1. The lowest BCUT2D eigenvalue weighted by molar-refractivity contribution is 0.516. The van der Waals surface area contributed by atoms with Gasteiger partial charge in [-0.05, 0) is 68.0 Å². The van der Waals surface area contributed by atoms with Crippen LogP contribution in [0.25, 0.3) is 0 Å². The van der Waals surface area contributed by atoms with Crippen molar-refractivity contribution in [3.63, 3.8) is 0 Å². The Balaban J connectivity index is 1.37. The van der Waals surface area contributed by atoms with E-state index in [0.717, 1.165) is 42.3 Å². The Bertz CT molecular complexity index is 849. The Morgan fingerprint density at radius 3 is 1.06 bits per heavy atom. The van der Waals surface area contributed by atoms with Crippen LogP contribution >= 0.6 is 0 Å². The summed E-state index contributed by atoms with van der Waals surface area (Å²) in [6, 6.07) is 23.8. The van der Waals surface area contributed by atoms with Gasteiger partial charge in [-0.2, -0.15) is 0 Å². The summed E-state index contributed by atoms with van der Waals surface area (Å²) < 4.78 is 0. The molecule has 156 valence electrons. The van der Waals surface area contributed by atoms with Gasteiger partial charge in [0.25, 0.3) is 0 Å². The maximum Gasteiger partial charge on any atom is 0.0925 e. The summed E-state index contributed by atoms with van der Waals surface area (Å²) in [6.45, 7) is 1.64. The van der Waals surface area contributed by atoms with Crippen LogP contribution in [0.1, 0.15) is 41.3 Å². The van der Waals surface area contributed by atoms with Crippen molar-refractivity contribution in [3.8, 4) is 0 Å². The summed E-state index contributed by atoms with van der Waals surface area (Å²) in [6.07, 6.45) is 8.21. The van der Waals surface area contributed by atoms with Crippen molar-refractivity contribution in [2.45, 2.75) is 18.5 Å². The monoisotopic (exact) mass is 410 g/mol. The first-order valence-electron chi connectivity index (χ1n) is 10.5. The molecule has 31 heavy (non-hydrogen) atoms. The molecule has 4 aromatic rings. The molecule has 4 heterocycles. The summed E-state index contributed by atoms with van der Waals surface area (Å²) in [5.74, 6) is 0. The van der Waals surface area contributed by atoms with Gasteiger partial charge in [-0.25, -0.2) is 0 Å². The Morgan fingerprint density at radius 2 is 0.806 bits per heavy atom. The Hall–Kier alpha value is -3.48. The Labute approximate surface area is 182 Å². The molecule has 0 radical (unpaired) electrons. The molecule has 0 unspecified atom stereocenters. The minimum Gasteiger partial charge on any atom is -0.304 e. The summed E-state index contributed by atoms with van der Waals surface area (Å²) in [7, 11) is 0. The maximum atomic E-state index is 4.53.